The predicted octanol–water partition coefficient (Wildman–Crippen LogP) is 2.42. The van der Waals surface area contributed by atoms with Gasteiger partial charge in [0.1, 0.15) is 5.75 Å². The number of benzene rings is 2. The molecule has 0 saturated carbocycles. The van der Waals surface area contributed by atoms with Crippen LogP contribution in [0.25, 0.3) is 0 Å². The Balaban J connectivity index is 1.88. The van der Waals surface area contributed by atoms with E-state index in [-0.39, 0.29) is 18.6 Å². The number of hydrogen-bond donors (Lipinski definition) is 1. The van der Waals surface area contributed by atoms with Gasteiger partial charge in [-0.15, -0.1) is 0 Å². The largest absolute Gasteiger partial charge is 0.482 e. The standard InChI is InChI=1S/C17H18N2O2/c1-12-6-2-3-7-13(12)14(18)10-19-15-8-4-5-9-16(15)21-11-17(19)20/h2-9,14H,10-11,18H2,1H3. The Morgan fingerprint density at radius 2 is 1.90 bits per heavy atom. The van der Waals surface area contributed by atoms with Crippen molar-refractivity contribution < 1.29 is 9.53 Å². The lowest BCUT2D eigenvalue weighted by Gasteiger charge is -2.31. The predicted molar refractivity (Wildman–Crippen MR) is 82.4 cm³/mol. The Labute approximate surface area is 124 Å². The molecule has 0 aliphatic carbocycles. The molecule has 3 rings (SSSR count). The smallest absolute Gasteiger partial charge is 0.265 e. The second kappa shape index (κ2) is 5.58. The quantitative estimate of drug-likeness (QED) is 0.940. The Bertz CT molecular complexity index is 669. The van der Waals surface area contributed by atoms with Gasteiger partial charge in [0, 0.05) is 12.6 Å². The number of carbonyl (C=O) groups excluding carboxylic acids is 1. The molecule has 2 aromatic rings. The summed E-state index contributed by atoms with van der Waals surface area (Å²) in [5.41, 5.74) is 9.30. The maximum Gasteiger partial charge on any atom is 0.265 e. The Morgan fingerprint density at radius 3 is 2.71 bits per heavy atom. The number of amides is 1. The number of carbonyl (C=O) groups is 1. The minimum Gasteiger partial charge on any atom is -0.482 e. The summed E-state index contributed by atoms with van der Waals surface area (Å²) < 4.78 is 5.44. The van der Waals surface area contributed by atoms with E-state index < -0.39 is 0 Å². The average molecular weight is 282 g/mol. The van der Waals surface area contributed by atoms with Crippen LogP contribution < -0.4 is 15.4 Å². The number of nitrogens with two attached hydrogens (primary N) is 1. The van der Waals surface area contributed by atoms with Crippen molar-refractivity contribution in [2.45, 2.75) is 13.0 Å². The van der Waals surface area contributed by atoms with Gasteiger partial charge in [0.15, 0.2) is 6.61 Å². The molecular weight excluding hydrogens is 264 g/mol. The number of fused-ring (bicyclic) bond motifs is 1. The first-order chi connectivity index (χ1) is 10.2. The highest BCUT2D eigenvalue weighted by Crippen LogP contribution is 2.32. The molecule has 0 radical (unpaired) electrons. The van der Waals surface area contributed by atoms with Gasteiger partial charge in [0.2, 0.25) is 0 Å². The van der Waals surface area contributed by atoms with Crippen LogP contribution in [0.2, 0.25) is 0 Å². The second-order valence-corrected chi connectivity index (χ2v) is 5.22. The van der Waals surface area contributed by atoms with Crippen LogP contribution in [0.15, 0.2) is 48.5 Å². The Hall–Kier alpha value is -2.33. The van der Waals surface area contributed by atoms with E-state index in [2.05, 4.69) is 0 Å². The van der Waals surface area contributed by atoms with Gasteiger partial charge in [-0.25, -0.2) is 0 Å². The van der Waals surface area contributed by atoms with E-state index in [1.807, 2.05) is 55.5 Å². The van der Waals surface area contributed by atoms with Gasteiger partial charge in [-0.1, -0.05) is 36.4 Å². The molecule has 1 heterocycles. The fraction of sp³-hybridized carbons (Fsp3) is 0.235. The summed E-state index contributed by atoms with van der Waals surface area (Å²) in [5, 5.41) is 0. The van der Waals surface area contributed by atoms with Crippen LogP contribution in [0.3, 0.4) is 0 Å². The molecular formula is C17H18N2O2. The van der Waals surface area contributed by atoms with Crippen LogP contribution in [0.4, 0.5) is 5.69 Å². The number of aryl methyl sites for hydroxylation is 1. The van der Waals surface area contributed by atoms with Gasteiger partial charge in [-0.3, -0.25) is 4.79 Å². The molecule has 1 atom stereocenters. The lowest BCUT2D eigenvalue weighted by Crippen LogP contribution is -2.42. The highest BCUT2D eigenvalue weighted by molar-refractivity contribution is 5.97. The molecule has 108 valence electrons. The third-order valence-electron chi connectivity index (χ3n) is 3.78. The van der Waals surface area contributed by atoms with Crippen molar-refractivity contribution in [1.29, 1.82) is 0 Å². The number of rotatable bonds is 3. The normalized spacial score (nSPS) is 15.3. The summed E-state index contributed by atoms with van der Waals surface area (Å²) >= 11 is 0. The van der Waals surface area contributed by atoms with E-state index in [0.717, 1.165) is 22.6 Å². The average Bonchev–Trinajstić information content (AvgIpc) is 2.50. The van der Waals surface area contributed by atoms with Crippen molar-refractivity contribution in [1.82, 2.24) is 0 Å². The summed E-state index contributed by atoms with van der Waals surface area (Å²) in [6.07, 6.45) is 0. The molecule has 2 N–H and O–H groups in total. The number of para-hydroxylation sites is 2. The van der Waals surface area contributed by atoms with Crippen LogP contribution in [0.5, 0.6) is 5.75 Å². The zero-order chi connectivity index (χ0) is 14.8. The van der Waals surface area contributed by atoms with Gasteiger partial charge in [-0.2, -0.15) is 0 Å². The highest BCUT2D eigenvalue weighted by Gasteiger charge is 2.27. The molecule has 1 amide bonds. The van der Waals surface area contributed by atoms with Crippen LogP contribution in [-0.4, -0.2) is 19.1 Å². The molecule has 1 aliphatic rings. The van der Waals surface area contributed by atoms with Crippen molar-refractivity contribution in [2.75, 3.05) is 18.1 Å². The monoisotopic (exact) mass is 282 g/mol. The Kier molecular flexibility index (Phi) is 3.62. The maximum absolute atomic E-state index is 12.2. The summed E-state index contributed by atoms with van der Waals surface area (Å²) in [4.78, 5) is 13.9. The number of hydrogen-bond acceptors (Lipinski definition) is 3. The summed E-state index contributed by atoms with van der Waals surface area (Å²) in [7, 11) is 0. The van der Waals surface area contributed by atoms with Crippen molar-refractivity contribution in [3.05, 3.63) is 59.7 Å². The van der Waals surface area contributed by atoms with E-state index in [1.165, 1.54) is 0 Å². The van der Waals surface area contributed by atoms with E-state index >= 15 is 0 Å². The van der Waals surface area contributed by atoms with Crippen LogP contribution in [0.1, 0.15) is 17.2 Å². The van der Waals surface area contributed by atoms with Gasteiger partial charge in [0.05, 0.1) is 5.69 Å². The van der Waals surface area contributed by atoms with Crippen LogP contribution in [-0.2, 0) is 4.79 Å². The molecule has 4 nitrogen and oxygen atoms in total. The topological polar surface area (TPSA) is 55.6 Å². The third kappa shape index (κ3) is 2.62. The SMILES string of the molecule is Cc1ccccc1C(N)CN1C(=O)COc2ccccc21. The minimum absolute atomic E-state index is 0.0577. The maximum atomic E-state index is 12.2. The molecule has 0 aromatic heterocycles. The number of anilines is 1. The van der Waals surface area contributed by atoms with Crippen LogP contribution >= 0.6 is 0 Å². The zero-order valence-electron chi connectivity index (χ0n) is 12.0. The summed E-state index contributed by atoms with van der Waals surface area (Å²) in [6.45, 7) is 2.55. The molecule has 21 heavy (non-hydrogen) atoms. The van der Waals surface area contributed by atoms with Crippen molar-refractivity contribution in [2.24, 2.45) is 5.73 Å². The molecule has 0 bridgehead atoms. The van der Waals surface area contributed by atoms with E-state index in [4.69, 9.17) is 10.5 Å². The molecule has 0 fully saturated rings. The third-order valence-corrected chi connectivity index (χ3v) is 3.78. The summed E-state index contributed by atoms with van der Waals surface area (Å²) in [5.74, 6) is 0.673. The van der Waals surface area contributed by atoms with Gasteiger partial charge in [-0.05, 0) is 30.2 Å². The molecule has 1 unspecified atom stereocenters. The molecule has 2 aromatic carbocycles. The molecule has 0 saturated heterocycles. The second-order valence-electron chi connectivity index (χ2n) is 5.22. The van der Waals surface area contributed by atoms with Crippen LogP contribution in [0, 0.1) is 6.92 Å². The lowest BCUT2D eigenvalue weighted by molar-refractivity contribution is -0.121. The van der Waals surface area contributed by atoms with E-state index in [0.29, 0.717) is 6.54 Å². The van der Waals surface area contributed by atoms with Gasteiger partial charge < -0.3 is 15.4 Å². The van der Waals surface area contributed by atoms with E-state index in [9.17, 15) is 4.79 Å². The highest BCUT2D eigenvalue weighted by atomic mass is 16.5. The first-order valence-electron chi connectivity index (χ1n) is 7.00. The molecule has 1 aliphatic heterocycles. The van der Waals surface area contributed by atoms with Crippen molar-refractivity contribution >= 4 is 11.6 Å². The van der Waals surface area contributed by atoms with Crippen molar-refractivity contribution in [3.8, 4) is 5.75 Å². The Morgan fingerprint density at radius 1 is 1.19 bits per heavy atom. The number of ether oxygens (including phenoxy) is 1. The van der Waals surface area contributed by atoms with Crippen molar-refractivity contribution in [3.63, 3.8) is 0 Å². The van der Waals surface area contributed by atoms with Gasteiger partial charge >= 0.3 is 0 Å². The first kappa shape index (κ1) is 13.6. The van der Waals surface area contributed by atoms with E-state index in [1.54, 1.807) is 4.90 Å². The zero-order valence-corrected chi connectivity index (χ0v) is 12.0. The fourth-order valence-corrected chi connectivity index (χ4v) is 2.65. The number of nitrogens with zero attached hydrogens (tertiary/aromatic N) is 1. The first-order valence-corrected chi connectivity index (χ1v) is 7.00. The summed E-state index contributed by atoms with van der Waals surface area (Å²) in [6, 6.07) is 15.3. The minimum atomic E-state index is -0.221. The lowest BCUT2D eigenvalue weighted by atomic mass is 10.0. The van der Waals surface area contributed by atoms with Gasteiger partial charge in [0.25, 0.3) is 5.91 Å². The molecule has 4 heteroatoms. The molecule has 0 spiro atoms. The fourth-order valence-electron chi connectivity index (χ4n) is 2.65.